The highest BCUT2D eigenvalue weighted by Gasteiger charge is 2.21. The van der Waals surface area contributed by atoms with Crippen molar-refractivity contribution in [2.45, 2.75) is 38.3 Å². The third kappa shape index (κ3) is 5.79. The molecule has 3 aromatic rings. The Morgan fingerprint density at radius 3 is 2.69 bits per heavy atom. The van der Waals surface area contributed by atoms with Crippen LogP contribution in [0.15, 0.2) is 47.0 Å². The fourth-order valence-corrected chi connectivity index (χ4v) is 4.14. The normalized spacial score (nSPS) is 15.1. The smallest absolute Gasteiger partial charge is 0.227 e. The van der Waals surface area contributed by atoms with Crippen molar-refractivity contribution in [2.75, 3.05) is 18.8 Å². The first-order chi connectivity index (χ1) is 15.5. The Bertz CT molecular complexity index is 1080. The summed E-state index contributed by atoms with van der Waals surface area (Å²) in [7, 11) is 0. The molecule has 2 aromatic carbocycles. The van der Waals surface area contributed by atoms with Gasteiger partial charge in [0.05, 0.1) is 10.0 Å². The fraction of sp³-hybridized carbons (Fsp3) is 0.348. The lowest BCUT2D eigenvalue weighted by Gasteiger charge is -2.32. The van der Waals surface area contributed by atoms with Crippen LogP contribution in [0.2, 0.25) is 10.0 Å². The van der Waals surface area contributed by atoms with Gasteiger partial charge >= 0.3 is 0 Å². The molecule has 2 heterocycles. The van der Waals surface area contributed by atoms with Gasteiger partial charge in [-0.15, -0.1) is 0 Å². The molecule has 1 aliphatic rings. The number of nitrogens with two attached hydrogens (primary N) is 1. The van der Waals surface area contributed by atoms with E-state index in [4.69, 9.17) is 33.5 Å². The number of hydrogen-bond acceptors (Lipinski definition) is 6. The third-order valence-corrected chi connectivity index (χ3v) is 6.32. The number of nitrogens with one attached hydrogen (secondary N) is 1. The zero-order valence-electron chi connectivity index (χ0n) is 17.6. The minimum atomic E-state index is -0.00749. The summed E-state index contributed by atoms with van der Waals surface area (Å²) in [5.74, 6) is 0.856. The van der Waals surface area contributed by atoms with Crippen molar-refractivity contribution in [1.82, 2.24) is 20.4 Å². The van der Waals surface area contributed by atoms with Crippen molar-refractivity contribution in [3.63, 3.8) is 0 Å². The number of carbonyl (C=O) groups is 1. The van der Waals surface area contributed by atoms with E-state index in [0.717, 1.165) is 43.6 Å². The van der Waals surface area contributed by atoms with Crippen molar-refractivity contribution in [2.24, 2.45) is 0 Å². The lowest BCUT2D eigenvalue weighted by Crippen LogP contribution is -2.44. The molecule has 1 saturated heterocycles. The molecule has 0 aliphatic carbocycles. The van der Waals surface area contributed by atoms with Crippen molar-refractivity contribution < 1.29 is 9.32 Å². The van der Waals surface area contributed by atoms with Crippen molar-refractivity contribution in [3.05, 3.63) is 64.0 Å². The summed E-state index contributed by atoms with van der Waals surface area (Å²) in [5, 5.41) is 8.24. The summed E-state index contributed by atoms with van der Waals surface area (Å²) >= 11 is 12.1. The molecule has 1 fully saturated rings. The number of carbonyl (C=O) groups excluding carboxylic acids is 1. The number of aryl methyl sites for hydroxylation is 1. The number of aromatic nitrogens is 2. The zero-order chi connectivity index (χ0) is 22.5. The van der Waals surface area contributed by atoms with Crippen LogP contribution in [0.1, 0.15) is 30.7 Å². The number of para-hydroxylation sites is 1. The van der Waals surface area contributed by atoms with Gasteiger partial charge in [-0.2, -0.15) is 4.98 Å². The molecular formula is C23H25Cl2N5O2. The van der Waals surface area contributed by atoms with Crippen LogP contribution in [-0.4, -0.2) is 40.1 Å². The number of anilines is 1. The van der Waals surface area contributed by atoms with Gasteiger partial charge in [-0.1, -0.05) is 46.6 Å². The predicted octanol–water partition coefficient (Wildman–Crippen LogP) is 4.34. The number of likely N-dealkylation sites (tertiary alicyclic amines) is 1. The molecule has 9 heteroatoms. The number of piperidine rings is 1. The molecule has 1 amide bonds. The molecule has 0 saturated carbocycles. The molecule has 7 nitrogen and oxygen atoms in total. The van der Waals surface area contributed by atoms with Gasteiger partial charge in [-0.25, -0.2) is 0 Å². The Balaban J connectivity index is 1.20. The van der Waals surface area contributed by atoms with E-state index in [2.05, 4.69) is 20.4 Å². The van der Waals surface area contributed by atoms with Gasteiger partial charge in [-0.3, -0.25) is 9.69 Å². The number of nitrogen functional groups attached to an aromatic ring is 1. The molecule has 0 bridgehead atoms. The van der Waals surface area contributed by atoms with Crippen LogP contribution in [0.4, 0.5) is 5.69 Å². The minimum absolute atomic E-state index is 0.00749. The molecule has 1 aliphatic heterocycles. The average Bonchev–Trinajstić information content (AvgIpc) is 3.25. The maximum absolute atomic E-state index is 12.4. The van der Waals surface area contributed by atoms with Crippen LogP contribution in [0, 0.1) is 0 Å². The van der Waals surface area contributed by atoms with E-state index in [-0.39, 0.29) is 11.9 Å². The molecule has 0 unspecified atom stereocenters. The van der Waals surface area contributed by atoms with Crippen LogP contribution in [0.5, 0.6) is 0 Å². The first kappa shape index (κ1) is 22.6. The summed E-state index contributed by atoms with van der Waals surface area (Å²) in [6.45, 7) is 2.65. The summed E-state index contributed by atoms with van der Waals surface area (Å²) < 4.78 is 5.28. The van der Waals surface area contributed by atoms with E-state index in [1.165, 1.54) is 0 Å². The number of nitrogens with zero attached hydrogens (tertiary/aromatic N) is 3. The van der Waals surface area contributed by atoms with Gasteiger partial charge in [0.2, 0.25) is 17.6 Å². The number of rotatable bonds is 7. The number of hydrogen-bond donors (Lipinski definition) is 2. The fourth-order valence-electron chi connectivity index (χ4n) is 3.82. The third-order valence-electron chi connectivity index (χ3n) is 5.58. The van der Waals surface area contributed by atoms with Gasteiger partial charge in [0.15, 0.2) is 0 Å². The second-order valence-electron chi connectivity index (χ2n) is 7.97. The monoisotopic (exact) mass is 473 g/mol. The highest BCUT2D eigenvalue weighted by molar-refractivity contribution is 6.42. The lowest BCUT2D eigenvalue weighted by atomic mass is 10.0. The largest absolute Gasteiger partial charge is 0.398 e. The summed E-state index contributed by atoms with van der Waals surface area (Å²) in [5.41, 5.74) is 8.40. The highest BCUT2D eigenvalue weighted by atomic mass is 35.5. The summed E-state index contributed by atoms with van der Waals surface area (Å²) in [6.07, 6.45) is 2.51. The molecule has 4 rings (SSSR count). The Kier molecular flexibility index (Phi) is 7.29. The second-order valence-corrected chi connectivity index (χ2v) is 8.78. The highest BCUT2D eigenvalue weighted by Crippen LogP contribution is 2.24. The van der Waals surface area contributed by atoms with Gasteiger partial charge in [0.1, 0.15) is 0 Å². The molecule has 3 N–H and O–H groups in total. The first-order valence-corrected chi connectivity index (χ1v) is 11.4. The minimum Gasteiger partial charge on any atom is -0.398 e. The average molecular weight is 474 g/mol. The van der Waals surface area contributed by atoms with Crippen LogP contribution in [0.3, 0.4) is 0 Å². The Morgan fingerprint density at radius 2 is 1.94 bits per heavy atom. The van der Waals surface area contributed by atoms with E-state index < -0.39 is 0 Å². The van der Waals surface area contributed by atoms with E-state index >= 15 is 0 Å². The molecule has 0 spiro atoms. The van der Waals surface area contributed by atoms with E-state index in [0.29, 0.717) is 40.3 Å². The molecule has 1 aromatic heterocycles. The SMILES string of the molecule is Nc1ccccc1-c1noc(CCC(=O)NC2CCN(Cc3ccc(Cl)c(Cl)c3)CC2)n1. The Labute approximate surface area is 196 Å². The lowest BCUT2D eigenvalue weighted by molar-refractivity contribution is -0.122. The van der Waals surface area contributed by atoms with Gasteiger partial charge < -0.3 is 15.6 Å². The van der Waals surface area contributed by atoms with E-state index in [1.54, 1.807) is 6.07 Å². The van der Waals surface area contributed by atoms with Crippen molar-refractivity contribution >= 4 is 34.8 Å². The number of halogens is 2. The first-order valence-electron chi connectivity index (χ1n) is 10.6. The molecular weight excluding hydrogens is 449 g/mol. The van der Waals surface area contributed by atoms with E-state index in [9.17, 15) is 4.79 Å². The maximum atomic E-state index is 12.4. The number of amides is 1. The standard InChI is InChI=1S/C23H25Cl2N5O2/c24-18-6-5-15(13-19(18)25)14-30-11-9-16(10-12-30)27-21(31)7-8-22-28-23(29-32-22)17-3-1-2-4-20(17)26/h1-6,13,16H,7-12,14,26H2,(H,27,31). The van der Waals surface area contributed by atoms with Gasteiger partial charge in [-0.05, 0) is 42.7 Å². The van der Waals surface area contributed by atoms with Crippen molar-refractivity contribution in [3.8, 4) is 11.4 Å². The maximum Gasteiger partial charge on any atom is 0.227 e. The summed E-state index contributed by atoms with van der Waals surface area (Å²) in [4.78, 5) is 19.1. The quantitative estimate of drug-likeness (QED) is 0.495. The Morgan fingerprint density at radius 1 is 1.16 bits per heavy atom. The van der Waals surface area contributed by atoms with Crippen LogP contribution in [0.25, 0.3) is 11.4 Å². The van der Waals surface area contributed by atoms with Crippen LogP contribution >= 0.6 is 23.2 Å². The van der Waals surface area contributed by atoms with Crippen molar-refractivity contribution in [1.29, 1.82) is 0 Å². The van der Waals surface area contributed by atoms with Gasteiger partial charge in [0, 0.05) is 49.8 Å². The van der Waals surface area contributed by atoms with E-state index in [1.807, 2.05) is 36.4 Å². The van der Waals surface area contributed by atoms with Gasteiger partial charge in [0.25, 0.3) is 0 Å². The summed E-state index contributed by atoms with van der Waals surface area (Å²) in [6, 6.07) is 13.2. The Hall–Kier alpha value is -2.61. The topological polar surface area (TPSA) is 97.3 Å². The second kappa shape index (κ2) is 10.3. The van der Waals surface area contributed by atoms with Crippen LogP contribution < -0.4 is 11.1 Å². The molecule has 0 radical (unpaired) electrons. The molecule has 0 atom stereocenters. The molecule has 168 valence electrons. The predicted molar refractivity (Wildman–Crippen MR) is 125 cm³/mol. The molecule has 32 heavy (non-hydrogen) atoms. The van der Waals surface area contributed by atoms with Crippen LogP contribution in [-0.2, 0) is 17.8 Å². The number of benzene rings is 2. The zero-order valence-corrected chi connectivity index (χ0v) is 19.1.